The van der Waals surface area contributed by atoms with E-state index in [4.69, 9.17) is 22.7 Å². The summed E-state index contributed by atoms with van der Waals surface area (Å²) in [5.41, 5.74) is 8.83. The van der Waals surface area contributed by atoms with E-state index in [1.165, 1.54) is 11.3 Å². The van der Waals surface area contributed by atoms with E-state index < -0.39 is 0 Å². The summed E-state index contributed by atoms with van der Waals surface area (Å²) in [4.78, 5) is 13.1. The molecule has 2 aromatic carbocycles. The maximum Gasteiger partial charge on any atom is 0.269 e. The van der Waals surface area contributed by atoms with Crippen molar-refractivity contribution >= 4 is 41.0 Å². The maximum absolute atomic E-state index is 12.7. The van der Waals surface area contributed by atoms with E-state index in [-0.39, 0.29) is 5.91 Å². The Kier molecular flexibility index (Phi) is 5.39. The predicted octanol–water partition coefficient (Wildman–Crippen LogP) is 4.81. The molecule has 0 fully saturated rings. The molecule has 5 nitrogen and oxygen atoms in total. The molecular weight excluding hydrogens is 366 g/mol. The van der Waals surface area contributed by atoms with Gasteiger partial charge in [0.2, 0.25) is 0 Å². The summed E-state index contributed by atoms with van der Waals surface area (Å²) in [7, 11) is 0. The molecule has 0 saturated heterocycles. The quantitative estimate of drug-likeness (QED) is 0.619. The van der Waals surface area contributed by atoms with E-state index in [1.807, 2.05) is 50.2 Å². The Morgan fingerprint density at radius 1 is 1.23 bits per heavy atom. The minimum atomic E-state index is -0.282. The number of carbonyl (C=O) groups is 1. The van der Waals surface area contributed by atoms with E-state index in [9.17, 15) is 4.79 Å². The van der Waals surface area contributed by atoms with Crippen LogP contribution >= 0.6 is 23.6 Å². The molecule has 0 atom stereocenters. The summed E-state index contributed by atoms with van der Waals surface area (Å²) in [6, 6.07) is 15.0. The van der Waals surface area contributed by atoms with Gasteiger partial charge in [-0.2, -0.15) is 0 Å². The van der Waals surface area contributed by atoms with Crippen molar-refractivity contribution in [2.75, 3.05) is 17.7 Å². The second-order valence-electron chi connectivity index (χ2n) is 5.62. The van der Waals surface area contributed by atoms with E-state index in [1.54, 1.807) is 16.7 Å². The fourth-order valence-electron chi connectivity index (χ4n) is 2.58. The summed E-state index contributed by atoms with van der Waals surface area (Å²) in [5.74, 6) is 0.819. The number of nitrogens with two attached hydrogens (primary N) is 1. The number of nitrogens with one attached hydrogen (secondary N) is 1. The molecule has 0 saturated carbocycles. The van der Waals surface area contributed by atoms with Gasteiger partial charge in [-0.3, -0.25) is 9.36 Å². The first kappa shape index (κ1) is 18.2. The monoisotopic (exact) mass is 385 g/mol. The molecule has 7 heteroatoms. The number of ether oxygens (including phenoxy) is 1. The number of thiazole rings is 1. The highest BCUT2D eigenvalue weighted by molar-refractivity contribution is 7.73. The number of hydrogen-bond acceptors (Lipinski definition) is 5. The number of carbonyl (C=O) groups excluding carboxylic acids is 1. The molecule has 1 aromatic heterocycles. The molecule has 1 amide bonds. The number of anilines is 2. The molecule has 3 rings (SSSR count). The molecule has 0 radical (unpaired) electrons. The second kappa shape index (κ2) is 7.72. The van der Waals surface area contributed by atoms with Gasteiger partial charge in [0.1, 0.15) is 16.4 Å². The Bertz CT molecular complexity index is 991. The van der Waals surface area contributed by atoms with Crippen molar-refractivity contribution in [2.45, 2.75) is 13.8 Å². The first-order valence-electron chi connectivity index (χ1n) is 8.12. The van der Waals surface area contributed by atoms with Crippen molar-refractivity contribution in [3.05, 3.63) is 62.9 Å². The first-order valence-corrected chi connectivity index (χ1v) is 9.35. The summed E-state index contributed by atoms with van der Waals surface area (Å²) >= 11 is 6.64. The van der Waals surface area contributed by atoms with Crippen LogP contribution in [0.2, 0.25) is 0 Å². The Labute approximate surface area is 161 Å². The lowest BCUT2D eigenvalue weighted by atomic mass is 10.2. The molecule has 0 aliphatic rings. The number of benzene rings is 2. The summed E-state index contributed by atoms with van der Waals surface area (Å²) < 4.78 is 7.68. The molecule has 134 valence electrons. The van der Waals surface area contributed by atoms with Crippen molar-refractivity contribution in [3.63, 3.8) is 0 Å². The van der Waals surface area contributed by atoms with Crippen LogP contribution in [0.4, 0.5) is 11.5 Å². The summed E-state index contributed by atoms with van der Waals surface area (Å²) in [5, 5.41) is 2.85. The number of nitrogen functional groups attached to an aromatic ring is 1. The Hall–Kier alpha value is -2.64. The molecule has 1 heterocycles. The number of para-hydroxylation sites is 1. The zero-order valence-corrected chi connectivity index (χ0v) is 16.1. The van der Waals surface area contributed by atoms with Crippen molar-refractivity contribution < 1.29 is 9.53 Å². The van der Waals surface area contributed by atoms with Gasteiger partial charge in [-0.05, 0) is 62.0 Å². The molecule has 0 aliphatic carbocycles. The highest BCUT2D eigenvalue weighted by atomic mass is 32.1. The summed E-state index contributed by atoms with van der Waals surface area (Å²) in [6.45, 7) is 4.50. The van der Waals surface area contributed by atoms with Gasteiger partial charge >= 0.3 is 0 Å². The molecule has 0 spiro atoms. The Morgan fingerprint density at radius 3 is 2.58 bits per heavy atom. The molecule has 26 heavy (non-hydrogen) atoms. The van der Waals surface area contributed by atoms with Crippen LogP contribution in [-0.4, -0.2) is 17.1 Å². The van der Waals surface area contributed by atoms with Crippen LogP contribution in [0, 0.1) is 10.9 Å². The third kappa shape index (κ3) is 3.63. The van der Waals surface area contributed by atoms with Crippen molar-refractivity contribution in [1.82, 2.24) is 4.57 Å². The van der Waals surface area contributed by atoms with E-state index in [0.717, 1.165) is 17.0 Å². The third-order valence-electron chi connectivity index (χ3n) is 3.83. The Balaban J connectivity index is 1.88. The third-order valence-corrected chi connectivity index (χ3v) is 5.22. The van der Waals surface area contributed by atoms with Crippen molar-refractivity contribution in [1.29, 1.82) is 0 Å². The molecule has 3 N–H and O–H groups in total. The van der Waals surface area contributed by atoms with E-state index in [0.29, 0.717) is 26.9 Å². The zero-order valence-electron chi connectivity index (χ0n) is 14.5. The highest BCUT2D eigenvalue weighted by Gasteiger charge is 2.19. The van der Waals surface area contributed by atoms with Crippen molar-refractivity contribution in [2.24, 2.45) is 0 Å². The van der Waals surface area contributed by atoms with Crippen LogP contribution in [0.1, 0.15) is 22.2 Å². The number of aromatic nitrogens is 1. The molecular formula is C19H19N3O2S2. The van der Waals surface area contributed by atoms with Gasteiger partial charge in [-0.15, -0.1) is 0 Å². The van der Waals surface area contributed by atoms with Crippen LogP contribution in [0.3, 0.4) is 0 Å². The van der Waals surface area contributed by atoms with Gasteiger partial charge in [-0.1, -0.05) is 29.5 Å². The number of nitrogens with zero attached hydrogens (tertiary/aromatic N) is 1. The maximum atomic E-state index is 12.7. The SMILES string of the molecule is CCOc1ccc(NC(=O)c2sc(=S)n(-c3ccccc3C)c2N)cc1. The van der Waals surface area contributed by atoms with Crippen LogP contribution in [0.25, 0.3) is 5.69 Å². The lowest BCUT2D eigenvalue weighted by Crippen LogP contribution is -2.13. The average molecular weight is 386 g/mol. The van der Waals surface area contributed by atoms with Gasteiger partial charge in [0.15, 0.2) is 3.95 Å². The minimum absolute atomic E-state index is 0.282. The lowest BCUT2D eigenvalue weighted by molar-refractivity contribution is 0.103. The van der Waals surface area contributed by atoms with Gasteiger partial charge in [-0.25, -0.2) is 0 Å². The summed E-state index contributed by atoms with van der Waals surface area (Å²) in [6.07, 6.45) is 0. The largest absolute Gasteiger partial charge is 0.494 e. The zero-order chi connectivity index (χ0) is 18.7. The van der Waals surface area contributed by atoms with E-state index >= 15 is 0 Å². The topological polar surface area (TPSA) is 69.3 Å². The van der Waals surface area contributed by atoms with Crippen LogP contribution < -0.4 is 15.8 Å². The second-order valence-corrected chi connectivity index (χ2v) is 7.26. The smallest absolute Gasteiger partial charge is 0.269 e. The minimum Gasteiger partial charge on any atom is -0.494 e. The van der Waals surface area contributed by atoms with Crippen LogP contribution in [-0.2, 0) is 0 Å². The van der Waals surface area contributed by atoms with Crippen molar-refractivity contribution in [3.8, 4) is 11.4 Å². The standard InChI is InChI=1S/C19H19N3O2S2/c1-3-24-14-10-8-13(9-11-14)21-18(23)16-17(20)22(19(25)26-16)15-7-5-4-6-12(15)2/h4-11H,3,20H2,1-2H3,(H,21,23). The number of amides is 1. The lowest BCUT2D eigenvalue weighted by Gasteiger charge is -2.10. The fraction of sp³-hybridized carbons (Fsp3) is 0.158. The molecule has 0 bridgehead atoms. The molecule has 0 aliphatic heterocycles. The number of hydrogen-bond donors (Lipinski definition) is 2. The molecule has 0 unspecified atom stereocenters. The number of aryl methyl sites for hydroxylation is 1. The number of rotatable bonds is 5. The van der Waals surface area contributed by atoms with Crippen LogP contribution in [0.5, 0.6) is 5.75 Å². The van der Waals surface area contributed by atoms with E-state index in [2.05, 4.69) is 5.32 Å². The Morgan fingerprint density at radius 2 is 1.92 bits per heavy atom. The van der Waals surface area contributed by atoms with Crippen LogP contribution in [0.15, 0.2) is 48.5 Å². The highest BCUT2D eigenvalue weighted by Crippen LogP contribution is 2.28. The fourth-order valence-corrected chi connectivity index (χ4v) is 3.83. The first-order chi connectivity index (χ1) is 12.5. The van der Waals surface area contributed by atoms with Gasteiger partial charge in [0.05, 0.1) is 12.3 Å². The average Bonchev–Trinajstić information content (AvgIpc) is 2.92. The van der Waals surface area contributed by atoms with Gasteiger partial charge in [0.25, 0.3) is 5.91 Å². The molecule has 3 aromatic rings. The predicted molar refractivity (Wildman–Crippen MR) is 109 cm³/mol. The van der Waals surface area contributed by atoms with Gasteiger partial charge < -0.3 is 15.8 Å². The normalized spacial score (nSPS) is 10.5. The van der Waals surface area contributed by atoms with Gasteiger partial charge in [0, 0.05) is 5.69 Å².